The fourth-order valence-corrected chi connectivity index (χ4v) is 2.01. The number of nitrogens with two attached hydrogens (primary N) is 1. The molecule has 0 fully saturated rings. The van der Waals surface area contributed by atoms with Gasteiger partial charge in [-0.15, -0.1) is 0 Å². The molecule has 2 rings (SSSR count). The topological polar surface area (TPSA) is 42.4 Å². The number of hydrogen-bond acceptors (Lipinski definition) is 3. The summed E-state index contributed by atoms with van der Waals surface area (Å²) in [6.45, 7) is 0.397. The van der Waals surface area contributed by atoms with E-state index in [2.05, 4.69) is 0 Å². The van der Waals surface area contributed by atoms with E-state index in [0.29, 0.717) is 12.2 Å². The lowest BCUT2D eigenvalue weighted by Crippen LogP contribution is -2.18. The summed E-state index contributed by atoms with van der Waals surface area (Å²) in [5, 5.41) is 0. The summed E-state index contributed by atoms with van der Waals surface area (Å²) in [7, 11) is 1.80. The summed E-state index contributed by atoms with van der Waals surface area (Å²) in [4.78, 5) is 1.84. The second kappa shape index (κ2) is 5.58. The zero-order valence-corrected chi connectivity index (χ0v) is 10.9. The van der Waals surface area contributed by atoms with Crippen molar-refractivity contribution in [2.75, 3.05) is 11.9 Å². The third kappa shape index (κ3) is 3.14. The first-order valence-corrected chi connectivity index (χ1v) is 6.04. The maximum Gasteiger partial charge on any atom is 0.416 e. The molecule has 0 atom stereocenters. The highest BCUT2D eigenvalue weighted by Crippen LogP contribution is 2.33. The lowest BCUT2D eigenvalue weighted by Gasteiger charge is -2.21. The molecule has 2 N–H and O–H groups in total. The molecule has 0 radical (unpaired) electrons. The standard InChI is InChI=1S/C14H15F3N2O/c1-19(8-10-4-5-20-9-10)12-2-3-13(14(15,16)17)11(6-12)7-18/h2-6,9H,7-8,18H2,1H3. The largest absolute Gasteiger partial charge is 0.472 e. The number of hydrogen-bond donors (Lipinski definition) is 1. The molecule has 108 valence electrons. The van der Waals surface area contributed by atoms with Crippen LogP contribution in [0.4, 0.5) is 18.9 Å². The predicted molar refractivity (Wildman–Crippen MR) is 70.2 cm³/mol. The summed E-state index contributed by atoms with van der Waals surface area (Å²) in [6, 6.07) is 5.80. The first-order valence-electron chi connectivity index (χ1n) is 6.04. The van der Waals surface area contributed by atoms with Crippen LogP contribution in [-0.2, 0) is 19.3 Å². The van der Waals surface area contributed by atoms with Crippen LogP contribution in [0.2, 0.25) is 0 Å². The molecule has 0 amide bonds. The molecule has 3 nitrogen and oxygen atoms in total. The molecule has 0 saturated carbocycles. The highest BCUT2D eigenvalue weighted by atomic mass is 19.4. The summed E-state index contributed by atoms with van der Waals surface area (Å²) >= 11 is 0. The van der Waals surface area contributed by atoms with Crippen molar-refractivity contribution in [3.05, 3.63) is 53.5 Å². The first-order chi connectivity index (χ1) is 9.41. The Kier molecular flexibility index (Phi) is 4.04. The van der Waals surface area contributed by atoms with Crippen LogP contribution in [0, 0.1) is 0 Å². The Hall–Kier alpha value is -1.95. The maximum absolute atomic E-state index is 12.8. The minimum Gasteiger partial charge on any atom is -0.472 e. The molecule has 0 bridgehead atoms. The summed E-state index contributed by atoms with van der Waals surface area (Å²) in [5.74, 6) is 0. The Morgan fingerprint density at radius 1 is 1.25 bits per heavy atom. The van der Waals surface area contributed by atoms with E-state index in [-0.39, 0.29) is 12.1 Å². The number of rotatable bonds is 4. The number of benzene rings is 1. The van der Waals surface area contributed by atoms with E-state index in [1.807, 2.05) is 11.0 Å². The molecule has 0 saturated heterocycles. The fraction of sp³-hybridized carbons (Fsp3) is 0.286. The van der Waals surface area contributed by atoms with Crippen molar-refractivity contribution < 1.29 is 17.6 Å². The van der Waals surface area contributed by atoms with E-state index >= 15 is 0 Å². The van der Waals surface area contributed by atoms with Gasteiger partial charge in [0.15, 0.2) is 0 Å². The number of anilines is 1. The molecule has 1 aromatic heterocycles. The predicted octanol–water partition coefficient (Wildman–Crippen LogP) is 3.39. The monoisotopic (exact) mass is 284 g/mol. The Balaban J connectivity index is 2.25. The van der Waals surface area contributed by atoms with Gasteiger partial charge < -0.3 is 15.1 Å². The average molecular weight is 284 g/mol. The molecule has 1 heterocycles. The highest BCUT2D eigenvalue weighted by molar-refractivity contribution is 5.51. The second-order valence-corrected chi connectivity index (χ2v) is 4.53. The van der Waals surface area contributed by atoms with Crippen LogP contribution in [0.25, 0.3) is 0 Å². The Bertz CT molecular complexity index is 564. The lowest BCUT2D eigenvalue weighted by atomic mass is 10.1. The summed E-state index contributed by atoms with van der Waals surface area (Å²) < 4.78 is 43.3. The first kappa shape index (κ1) is 14.5. The van der Waals surface area contributed by atoms with Crippen molar-refractivity contribution >= 4 is 5.69 Å². The van der Waals surface area contributed by atoms with E-state index in [1.54, 1.807) is 19.6 Å². The van der Waals surface area contributed by atoms with Gasteiger partial charge in [-0.2, -0.15) is 13.2 Å². The van der Waals surface area contributed by atoms with Crippen LogP contribution < -0.4 is 10.6 Å². The Labute approximate surface area is 114 Å². The molecule has 1 aromatic carbocycles. The smallest absolute Gasteiger partial charge is 0.416 e. The maximum atomic E-state index is 12.8. The lowest BCUT2D eigenvalue weighted by molar-refractivity contribution is -0.138. The Morgan fingerprint density at radius 2 is 2.00 bits per heavy atom. The zero-order chi connectivity index (χ0) is 14.8. The SMILES string of the molecule is CN(Cc1ccoc1)c1ccc(C(F)(F)F)c(CN)c1. The van der Waals surface area contributed by atoms with Crippen LogP contribution in [-0.4, -0.2) is 7.05 Å². The van der Waals surface area contributed by atoms with Gasteiger partial charge in [0.25, 0.3) is 0 Å². The van der Waals surface area contributed by atoms with E-state index in [4.69, 9.17) is 10.2 Å². The number of halogens is 3. The van der Waals surface area contributed by atoms with Crippen LogP contribution in [0.5, 0.6) is 0 Å². The van der Waals surface area contributed by atoms with Crippen molar-refractivity contribution in [3.8, 4) is 0 Å². The molecular weight excluding hydrogens is 269 g/mol. The summed E-state index contributed by atoms with van der Waals surface area (Å²) in [5.41, 5.74) is 6.46. The molecule has 0 aliphatic rings. The van der Waals surface area contributed by atoms with E-state index in [9.17, 15) is 13.2 Å². The van der Waals surface area contributed by atoms with Gasteiger partial charge in [0.1, 0.15) is 0 Å². The quantitative estimate of drug-likeness (QED) is 0.935. The van der Waals surface area contributed by atoms with Crippen LogP contribution in [0.1, 0.15) is 16.7 Å². The van der Waals surface area contributed by atoms with E-state index in [1.165, 1.54) is 12.1 Å². The third-order valence-electron chi connectivity index (χ3n) is 3.05. The van der Waals surface area contributed by atoms with Crippen LogP contribution in [0.15, 0.2) is 41.2 Å². The minimum atomic E-state index is -4.38. The third-order valence-corrected chi connectivity index (χ3v) is 3.05. The molecule has 0 spiro atoms. The highest BCUT2D eigenvalue weighted by Gasteiger charge is 2.33. The molecule has 2 aromatic rings. The van der Waals surface area contributed by atoms with E-state index < -0.39 is 11.7 Å². The van der Waals surface area contributed by atoms with Gasteiger partial charge in [0.2, 0.25) is 0 Å². The van der Waals surface area contributed by atoms with Gasteiger partial charge >= 0.3 is 6.18 Å². The zero-order valence-electron chi connectivity index (χ0n) is 10.9. The van der Waals surface area contributed by atoms with Gasteiger partial charge in [-0.3, -0.25) is 0 Å². The number of alkyl halides is 3. The number of furan rings is 1. The van der Waals surface area contributed by atoms with Gasteiger partial charge in [-0.1, -0.05) is 0 Å². The fourth-order valence-electron chi connectivity index (χ4n) is 2.01. The second-order valence-electron chi connectivity index (χ2n) is 4.53. The van der Waals surface area contributed by atoms with E-state index in [0.717, 1.165) is 11.6 Å². The Morgan fingerprint density at radius 3 is 2.55 bits per heavy atom. The van der Waals surface area contributed by atoms with Crippen molar-refractivity contribution in [2.24, 2.45) is 5.73 Å². The van der Waals surface area contributed by atoms with Gasteiger partial charge in [-0.05, 0) is 29.8 Å². The molecule has 0 unspecified atom stereocenters. The van der Waals surface area contributed by atoms with Crippen molar-refractivity contribution in [2.45, 2.75) is 19.3 Å². The number of nitrogens with zero attached hydrogens (tertiary/aromatic N) is 1. The molecule has 20 heavy (non-hydrogen) atoms. The van der Waals surface area contributed by atoms with Crippen molar-refractivity contribution in [3.63, 3.8) is 0 Å². The van der Waals surface area contributed by atoms with Crippen LogP contribution >= 0.6 is 0 Å². The molecule has 0 aliphatic carbocycles. The summed E-state index contributed by atoms with van der Waals surface area (Å²) in [6.07, 6.45) is -1.22. The van der Waals surface area contributed by atoms with Crippen molar-refractivity contribution in [1.29, 1.82) is 0 Å². The van der Waals surface area contributed by atoms with Gasteiger partial charge in [0, 0.05) is 31.4 Å². The normalized spacial score (nSPS) is 11.7. The average Bonchev–Trinajstić information content (AvgIpc) is 2.89. The van der Waals surface area contributed by atoms with Crippen LogP contribution in [0.3, 0.4) is 0 Å². The minimum absolute atomic E-state index is 0.0917. The van der Waals surface area contributed by atoms with Gasteiger partial charge in [-0.25, -0.2) is 0 Å². The molecular formula is C14H15F3N2O. The molecule has 6 heteroatoms. The molecule has 0 aliphatic heterocycles. The van der Waals surface area contributed by atoms with Gasteiger partial charge in [0.05, 0.1) is 18.1 Å². The van der Waals surface area contributed by atoms with Crippen molar-refractivity contribution in [1.82, 2.24) is 0 Å².